The Labute approximate surface area is 58.4 Å². The van der Waals surface area contributed by atoms with E-state index < -0.39 is 0 Å². The Bertz CT molecular complexity index is 119. The van der Waals surface area contributed by atoms with Crippen molar-refractivity contribution in [3.63, 3.8) is 0 Å². The monoisotopic (exact) mass is 144 g/mol. The maximum Gasteiger partial charge on any atom is 0.297 e. The average Bonchev–Trinajstić information content (AvgIpc) is 1.97. The van der Waals surface area contributed by atoms with E-state index in [2.05, 4.69) is 9.47 Å². The summed E-state index contributed by atoms with van der Waals surface area (Å²) >= 11 is 0. The number of carbonyl (C=O) groups is 2. The first kappa shape index (κ1) is 8.68. The van der Waals surface area contributed by atoms with Gasteiger partial charge in [0.05, 0.1) is 12.9 Å². The van der Waals surface area contributed by atoms with Crippen LogP contribution in [0.5, 0.6) is 0 Å². The fourth-order valence-electron chi connectivity index (χ4n) is 0.340. The first-order valence-corrected chi connectivity index (χ1v) is 2.71. The molecule has 0 aliphatic heterocycles. The first-order chi connectivity index (χ1) is 4.91. The van der Waals surface area contributed by atoms with Crippen molar-refractivity contribution < 1.29 is 19.1 Å². The van der Waals surface area contributed by atoms with Crippen LogP contribution in [0, 0.1) is 0 Å². The lowest BCUT2D eigenvalue weighted by Gasteiger charge is -1.90. The van der Waals surface area contributed by atoms with Gasteiger partial charge in [-0.3, -0.25) is 9.59 Å². The van der Waals surface area contributed by atoms with E-state index in [9.17, 15) is 9.59 Å². The van der Waals surface area contributed by atoms with E-state index in [0.29, 0.717) is 26.0 Å². The molecule has 0 aromatic rings. The van der Waals surface area contributed by atoms with Crippen molar-refractivity contribution in [3.8, 4) is 0 Å². The molecule has 0 saturated carbocycles. The molecule has 56 valence electrons. The highest BCUT2D eigenvalue weighted by molar-refractivity contribution is 5.38. The molecule has 0 spiro atoms. The lowest BCUT2D eigenvalue weighted by molar-refractivity contribution is -0.128. The highest BCUT2D eigenvalue weighted by Gasteiger charge is 1.78. The third-order valence-corrected chi connectivity index (χ3v) is 0.701. The minimum Gasteiger partial charge on any atom is -0.468 e. The van der Waals surface area contributed by atoms with Crippen LogP contribution >= 0.6 is 0 Å². The summed E-state index contributed by atoms with van der Waals surface area (Å²) < 4.78 is 8.55. The smallest absolute Gasteiger partial charge is 0.297 e. The summed E-state index contributed by atoms with van der Waals surface area (Å²) in [5.41, 5.74) is 0. The van der Waals surface area contributed by atoms with Crippen molar-refractivity contribution in [2.45, 2.75) is 6.42 Å². The van der Waals surface area contributed by atoms with Gasteiger partial charge in [0.1, 0.15) is 0 Å². The predicted octanol–water partition coefficient (Wildman–Crippen LogP) is 0.236. The molecule has 0 aliphatic carbocycles. The Morgan fingerprint density at radius 2 is 2.00 bits per heavy atom. The van der Waals surface area contributed by atoms with Crippen LogP contribution in [-0.4, -0.2) is 19.6 Å². The van der Waals surface area contributed by atoms with Gasteiger partial charge in [-0.2, -0.15) is 0 Å². The van der Waals surface area contributed by atoms with Crippen LogP contribution in [0.1, 0.15) is 6.42 Å². The molecule has 0 unspecified atom stereocenters. The second kappa shape index (κ2) is 7.68. The van der Waals surface area contributed by atoms with Gasteiger partial charge >= 0.3 is 0 Å². The van der Waals surface area contributed by atoms with Crippen molar-refractivity contribution in [2.75, 3.05) is 6.61 Å². The Morgan fingerprint density at radius 3 is 2.60 bits per heavy atom. The molecule has 0 bridgehead atoms. The van der Waals surface area contributed by atoms with E-state index in [1.165, 1.54) is 6.26 Å². The zero-order chi connectivity index (χ0) is 7.66. The molecule has 0 aromatic heterocycles. The molecular weight excluding hydrogens is 136 g/mol. The first-order valence-electron chi connectivity index (χ1n) is 2.71. The number of rotatable bonds is 6. The quantitative estimate of drug-likeness (QED) is 0.304. The third-order valence-electron chi connectivity index (χ3n) is 0.701. The van der Waals surface area contributed by atoms with Gasteiger partial charge in [0, 0.05) is 6.42 Å². The van der Waals surface area contributed by atoms with E-state index in [1.54, 1.807) is 6.08 Å². The van der Waals surface area contributed by atoms with Gasteiger partial charge in [-0.1, -0.05) is 0 Å². The fourth-order valence-corrected chi connectivity index (χ4v) is 0.340. The van der Waals surface area contributed by atoms with E-state index >= 15 is 0 Å². The summed E-state index contributed by atoms with van der Waals surface area (Å²) in [7, 11) is 0. The van der Waals surface area contributed by atoms with Crippen LogP contribution in [0.25, 0.3) is 0 Å². The average molecular weight is 144 g/mol. The Balaban J connectivity index is 3.01. The molecule has 4 nitrogen and oxygen atoms in total. The van der Waals surface area contributed by atoms with Crippen molar-refractivity contribution in [1.29, 1.82) is 0 Å². The van der Waals surface area contributed by atoms with E-state index in [4.69, 9.17) is 0 Å². The Hall–Kier alpha value is -1.32. The normalized spacial score (nSPS) is 9.20. The molecule has 4 heteroatoms. The zero-order valence-electron chi connectivity index (χ0n) is 5.36. The molecule has 0 radical (unpaired) electrons. The summed E-state index contributed by atoms with van der Waals surface area (Å²) in [5.74, 6) is 0. The highest BCUT2D eigenvalue weighted by atomic mass is 16.5. The van der Waals surface area contributed by atoms with Gasteiger partial charge in [0.2, 0.25) is 0 Å². The maximum absolute atomic E-state index is 9.56. The predicted molar refractivity (Wildman–Crippen MR) is 32.9 cm³/mol. The maximum atomic E-state index is 9.56. The Morgan fingerprint density at radius 1 is 1.20 bits per heavy atom. The summed E-state index contributed by atoms with van der Waals surface area (Å²) in [6.07, 6.45) is 3.37. The van der Waals surface area contributed by atoms with Crippen LogP contribution in [0.2, 0.25) is 0 Å². The van der Waals surface area contributed by atoms with Crippen molar-refractivity contribution in [3.05, 3.63) is 12.3 Å². The fraction of sp³-hybridized carbons (Fsp3) is 0.333. The SMILES string of the molecule is O=CO/C=C/CCOC=O. The zero-order valence-corrected chi connectivity index (χ0v) is 5.36. The van der Waals surface area contributed by atoms with E-state index in [0.717, 1.165) is 0 Å². The lowest BCUT2D eigenvalue weighted by atomic mass is 10.4. The highest BCUT2D eigenvalue weighted by Crippen LogP contribution is 1.82. The molecule has 0 atom stereocenters. The molecule has 0 N–H and O–H groups in total. The molecule has 0 aromatic carbocycles. The molecule has 0 rings (SSSR count). The van der Waals surface area contributed by atoms with Gasteiger partial charge in [0.15, 0.2) is 0 Å². The molecule has 0 saturated heterocycles. The molecule has 0 aliphatic rings. The topological polar surface area (TPSA) is 52.6 Å². The van der Waals surface area contributed by atoms with Gasteiger partial charge in [-0.15, -0.1) is 0 Å². The number of carbonyl (C=O) groups excluding carboxylic acids is 2. The molecule has 0 fully saturated rings. The van der Waals surface area contributed by atoms with Crippen molar-refractivity contribution in [2.24, 2.45) is 0 Å². The van der Waals surface area contributed by atoms with Gasteiger partial charge < -0.3 is 9.47 Å². The number of hydrogen-bond acceptors (Lipinski definition) is 4. The van der Waals surface area contributed by atoms with Crippen molar-refractivity contribution in [1.82, 2.24) is 0 Å². The van der Waals surface area contributed by atoms with E-state index in [-0.39, 0.29) is 0 Å². The second-order valence-electron chi connectivity index (χ2n) is 1.36. The second-order valence-corrected chi connectivity index (χ2v) is 1.36. The molecule has 0 heterocycles. The number of ether oxygens (including phenoxy) is 2. The molecule has 10 heavy (non-hydrogen) atoms. The van der Waals surface area contributed by atoms with Crippen LogP contribution in [-0.2, 0) is 19.1 Å². The summed E-state index contributed by atoms with van der Waals surface area (Å²) in [6, 6.07) is 0. The summed E-state index contributed by atoms with van der Waals surface area (Å²) in [4.78, 5) is 19.1. The Kier molecular flexibility index (Phi) is 6.67. The molecule has 0 amide bonds. The van der Waals surface area contributed by atoms with Crippen LogP contribution < -0.4 is 0 Å². The molecular formula is C6H8O4. The number of hydrogen-bond donors (Lipinski definition) is 0. The van der Waals surface area contributed by atoms with Crippen LogP contribution in [0.15, 0.2) is 12.3 Å². The van der Waals surface area contributed by atoms with Gasteiger partial charge in [0.25, 0.3) is 12.9 Å². The van der Waals surface area contributed by atoms with Crippen LogP contribution in [0.4, 0.5) is 0 Å². The lowest BCUT2D eigenvalue weighted by Crippen LogP contribution is -1.88. The van der Waals surface area contributed by atoms with E-state index in [1.807, 2.05) is 0 Å². The van der Waals surface area contributed by atoms with Gasteiger partial charge in [-0.25, -0.2) is 0 Å². The minimum absolute atomic E-state index is 0.308. The van der Waals surface area contributed by atoms with Gasteiger partial charge in [-0.05, 0) is 6.08 Å². The summed E-state index contributed by atoms with van der Waals surface area (Å²) in [5, 5.41) is 0. The third kappa shape index (κ3) is 6.68. The van der Waals surface area contributed by atoms with Crippen molar-refractivity contribution >= 4 is 12.9 Å². The minimum atomic E-state index is 0.308. The van der Waals surface area contributed by atoms with Crippen LogP contribution in [0.3, 0.4) is 0 Å². The standard InChI is InChI=1S/C6H8O4/c7-5-9-3-1-2-4-10-6-8/h1,3,5-6H,2,4H2/b3-1+. The largest absolute Gasteiger partial charge is 0.468 e. The summed E-state index contributed by atoms with van der Waals surface area (Å²) in [6.45, 7) is 0.994.